The molecule has 1 N–H and O–H groups in total. The Morgan fingerprint density at radius 1 is 1.44 bits per heavy atom. The number of ketones is 1. The van der Waals surface area contributed by atoms with Crippen LogP contribution < -0.4 is 5.32 Å². The molecule has 1 unspecified atom stereocenters. The van der Waals surface area contributed by atoms with Crippen LogP contribution in [0.3, 0.4) is 0 Å². The second kappa shape index (κ2) is 5.11. The van der Waals surface area contributed by atoms with E-state index >= 15 is 0 Å². The first-order valence-electron chi connectivity index (χ1n) is 6.16. The summed E-state index contributed by atoms with van der Waals surface area (Å²) in [6.07, 6.45) is 1.94. The lowest BCUT2D eigenvalue weighted by atomic mass is 9.93. The van der Waals surface area contributed by atoms with Crippen LogP contribution in [0.15, 0.2) is 12.1 Å². The van der Waals surface area contributed by atoms with Crippen LogP contribution in [-0.2, 0) is 17.6 Å². The molecular weight excluding hydrogens is 250 g/mol. The lowest BCUT2D eigenvalue weighted by molar-refractivity contribution is -0.116. The van der Waals surface area contributed by atoms with E-state index in [1.165, 1.54) is 0 Å². The lowest BCUT2D eigenvalue weighted by Gasteiger charge is -2.21. The van der Waals surface area contributed by atoms with Crippen LogP contribution in [0.5, 0.6) is 0 Å². The van der Waals surface area contributed by atoms with Crippen LogP contribution in [0.1, 0.15) is 41.8 Å². The Morgan fingerprint density at radius 2 is 2.17 bits per heavy atom. The Hall–Kier alpha value is -1.35. The van der Waals surface area contributed by atoms with E-state index in [-0.39, 0.29) is 11.7 Å². The van der Waals surface area contributed by atoms with Gasteiger partial charge in [0.2, 0.25) is 5.91 Å². The molecule has 0 saturated heterocycles. The Morgan fingerprint density at radius 3 is 2.78 bits per heavy atom. The number of Topliss-reactive ketones (excluding diaryl/α,β-unsaturated/α-hetero) is 1. The molecule has 1 aliphatic heterocycles. The van der Waals surface area contributed by atoms with E-state index in [4.69, 9.17) is 11.6 Å². The van der Waals surface area contributed by atoms with Crippen molar-refractivity contribution in [3.63, 3.8) is 0 Å². The molecule has 1 aromatic rings. The molecule has 0 bridgehead atoms. The number of rotatable bonds is 3. The van der Waals surface area contributed by atoms with E-state index in [0.29, 0.717) is 18.4 Å². The molecule has 2 rings (SSSR count). The summed E-state index contributed by atoms with van der Waals surface area (Å²) in [5.74, 6) is -0.0203. The minimum atomic E-state index is -0.522. The van der Waals surface area contributed by atoms with Gasteiger partial charge in [0.1, 0.15) is 0 Å². The highest BCUT2D eigenvalue weighted by atomic mass is 35.5. The normalized spacial score (nSPS) is 15.8. The molecule has 0 spiro atoms. The van der Waals surface area contributed by atoms with Crippen molar-refractivity contribution in [2.45, 2.75) is 38.5 Å². The van der Waals surface area contributed by atoms with Crippen molar-refractivity contribution in [2.75, 3.05) is 5.32 Å². The van der Waals surface area contributed by atoms with E-state index in [2.05, 4.69) is 5.32 Å². The van der Waals surface area contributed by atoms with Gasteiger partial charge in [-0.25, -0.2) is 0 Å². The molecule has 0 aromatic heterocycles. The molecular formula is C14H16ClNO2. The Bertz CT molecular complexity index is 492. The predicted molar refractivity (Wildman–Crippen MR) is 72.4 cm³/mol. The maximum atomic E-state index is 11.9. The highest BCUT2D eigenvalue weighted by Gasteiger charge is 2.21. The Labute approximate surface area is 112 Å². The fraction of sp³-hybridized carbons (Fsp3) is 0.429. The van der Waals surface area contributed by atoms with E-state index in [1.807, 2.05) is 19.1 Å². The smallest absolute Gasteiger partial charge is 0.224 e. The van der Waals surface area contributed by atoms with Gasteiger partial charge >= 0.3 is 0 Å². The van der Waals surface area contributed by atoms with Crippen molar-refractivity contribution >= 4 is 29.0 Å². The Balaban J connectivity index is 2.48. The van der Waals surface area contributed by atoms with Gasteiger partial charge in [-0.2, -0.15) is 0 Å². The van der Waals surface area contributed by atoms with E-state index in [0.717, 1.165) is 23.2 Å². The number of nitrogens with one attached hydrogen (secondary N) is 1. The zero-order chi connectivity index (χ0) is 13.3. The average Bonchev–Trinajstić information content (AvgIpc) is 2.36. The van der Waals surface area contributed by atoms with Crippen molar-refractivity contribution in [3.05, 3.63) is 28.8 Å². The van der Waals surface area contributed by atoms with Gasteiger partial charge in [-0.3, -0.25) is 9.59 Å². The van der Waals surface area contributed by atoms with Gasteiger partial charge in [-0.1, -0.05) is 6.92 Å². The number of carbonyl (C=O) groups is 2. The number of hydrogen-bond acceptors (Lipinski definition) is 2. The van der Waals surface area contributed by atoms with E-state index in [1.54, 1.807) is 6.92 Å². The van der Waals surface area contributed by atoms with Gasteiger partial charge in [-0.05, 0) is 43.0 Å². The monoisotopic (exact) mass is 265 g/mol. The second-order valence-corrected chi connectivity index (χ2v) is 5.21. The van der Waals surface area contributed by atoms with Crippen LogP contribution in [-0.4, -0.2) is 17.1 Å². The first kappa shape index (κ1) is 13.1. The number of benzene rings is 1. The van der Waals surface area contributed by atoms with Gasteiger partial charge in [0.05, 0.1) is 5.38 Å². The van der Waals surface area contributed by atoms with Gasteiger partial charge in [-0.15, -0.1) is 11.6 Å². The quantitative estimate of drug-likeness (QED) is 0.675. The zero-order valence-electron chi connectivity index (χ0n) is 10.5. The molecule has 1 atom stereocenters. The molecule has 0 fully saturated rings. The summed E-state index contributed by atoms with van der Waals surface area (Å²) in [5.41, 5.74) is 3.56. The standard InChI is InChI=1S/C14H16ClNO2/c1-3-9-6-11(14(18)8(2)15)7-10-4-5-12(17)16-13(9)10/h6-8H,3-5H2,1-2H3,(H,16,17). The number of alkyl halides is 1. The summed E-state index contributed by atoms with van der Waals surface area (Å²) in [7, 11) is 0. The van der Waals surface area contributed by atoms with Crippen LogP contribution in [0, 0.1) is 0 Å². The van der Waals surface area contributed by atoms with Crippen molar-refractivity contribution in [1.82, 2.24) is 0 Å². The van der Waals surface area contributed by atoms with Gasteiger partial charge in [0.25, 0.3) is 0 Å². The maximum Gasteiger partial charge on any atom is 0.224 e. The summed E-state index contributed by atoms with van der Waals surface area (Å²) in [6.45, 7) is 3.69. The number of anilines is 1. The van der Waals surface area contributed by atoms with Crippen LogP contribution in [0.25, 0.3) is 0 Å². The molecule has 1 aromatic carbocycles. The van der Waals surface area contributed by atoms with E-state index < -0.39 is 5.38 Å². The van der Waals surface area contributed by atoms with Crippen molar-refractivity contribution in [3.8, 4) is 0 Å². The number of aryl methyl sites for hydroxylation is 2. The van der Waals surface area contributed by atoms with Gasteiger partial charge in [0, 0.05) is 17.7 Å². The molecule has 3 nitrogen and oxygen atoms in total. The molecule has 1 amide bonds. The largest absolute Gasteiger partial charge is 0.326 e. The second-order valence-electron chi connectivity index (χ2n) is 4.55. The average molecular weight is 266 g/mol. The molecule has 96 valence electrons. The van der Waals surface area contributed by atoms with Crippen molar-refractivity contribution in [1.29, 1.82) is 0 Å². The van der Waals surface area contributed by atoms with Gasteiger partial charge in [0.15, 0.2) is 5.78 Å². The molecule has 18 heavy (non-hydrogen) atoms. The fourth-order valence-corrected chi connectivity index (χ4v) is 2.35. The van der Waals surface area contributed by atoms with Crippen molar-refractivity contribution < 1.29 is 9.59 Å². The van der Waals surface area contributed by atoms with Crippen LogP contribution in [0.4, 0.5) is 5.69 Å². The van der Waals surface area contributed by atoms with E-state index in [9.17, 15) is 9.59 Å². The summed E-state index contributed by atoms with van der Waals surface area (Å²) in [5, 5.41) is 2.37. The first-order chi connectivity index (χ1) is 8.52. The third-order valence-electron chi connectivity index (χ3n) is 3.21. The molecule has 0 radical (unpaired) electrons. The number of amides is 1. The fourth-order valence-electron chi connectivity index (χ4n) is 2.23. The summed E-state index contributed by atoms with van der Waals surface area (Å²) in [4.78, 5) is 23.4. The van der Waals surface area contributed by atoms with Crippen LogP contribution in [0.2, 0.25) is 0 Å². The third kappa shape index (κ3) is 2.41. The summed E-state index contributed by atoms with van der Waals surface area (Å²) >= 11 is 5.85. The summed E-state index contributed by atoms with van der Waals surface area (Å²) in [6, 6.07) is 3.70. The Kier molecular flexibility index (Phi) is 3.71. The van der Waals surface area contributed by atoms with Crippen LogP contribution >= 0.6 is 11.6 Å². The number of halogens is 1. The molecule has 0 aliphatic carbocycles. The highest BCUT2D eigenvalue weighted by molar-refractivity contribution is 6.33. The SMILES string of the molecule is CCc1cc(C(=O)C(C)Cl)cc2c1NC(=O)CC2. The number of fused-ring (bicyclic) bond motifs is 1. The molecule has 4 heteroatoms. The third-order valence-corrected chi connectivity index (χ3v) is 3.41. The first-order valence-corrected chi connectivity index (χ1v) is 6.60. The minimum Gasteiger partial charge on any atom is -0.326 e. The summed E-state index contributed by atoms with van der Waals surface area (Å²) < 4.78 is 0. The molecule has 1 heterocycles. The minimum absolute atomic E-state index is 0.0435. The lowest BCUT2D eigenvalue weighted by Crippen LogP contribution is -2.21. The maximum absolute atomic E-state index is 11.9. The number of carbonyl (C=O) groups excluding carboxylic acids is 2. The number of hydrogen-bond donors (Lipinski definition) is 1. The molecule has 0 saturated carbocycles. The van der Waals surface area contributed by atoms with Gasteiger partial charge < -0.3 is 5.32 Å². The predicted octanol–water partition coefficient (Wildman–Crippen LogP) is 2.94. The topological polar surface area (TPSA) is 46.2 Å². The highest BCUT2D eigenvalue weighted by Crippen LogP contribution is 2.29. The molecule has 1 aliphatic rings. The zero-order valence-corrected chi connectivity index (χ0v) is 11.3. The van der Waals surface area contributed by atoms with Crippen molar-refractivity contribution in [2.24, 2.45) is 0 Å².